The summed E-state index contributed by atoms with van der Waals surface area (Å²) in [4.78, 5) is 27.5. The van der Waals surface area contributed by atoms with Crippen molar-refractivity contribution in [2.75, 3.05) is 32.7 Å². The van der Waals surface area contributed by atoms with Crippen LogP contribution in [0.5, 0.6) is 0 Å². The average Bonchev–Trinajstić information content (AvgIpc) is 3.22. The fraction of sp³-hybridized carbons (Fsp3) is 0.867. The lowest BCUT2D eigenvalue weighted by atomic mass is 10.0. The van der Waals surface area contributed by atoms with Gasteiger partial charge in [0, 0.05) is 32.7 Å². The molecule has 0 aromatic carbocycles. The normalized spacial score (nSPS) is 21.4. The van der Waals surface area contributed by atoms with Crippen molar-refractivity contribution in [1.82, 2.24) is 15.1 Å². The Morgan fingerprint density at radius 3 is 2.29 bits per heavy atom. The van der Waals surface area contributed by atoms with Gasteiger partial charge in [-0.3, -0.25) is 4.90 Å². The average molecular weight is 297 g/mol. The molecule has 1 saturated heterocycles. The third-order valence-electron chi connectivity index (χ3n) is 4.18. The first-order chi connectivity index (χ1) is 9.95. The van der Waals surface area contributed by atoms with E-state index in [9.17, 15) is 14.7 Å². The number of urea groups is 1. The van der Waals surface area contributed by atoms with Gasteiger partial charge in [-0.05, 0) is 31.1 Å². The van der Waals surface area contributed by atoms with Gasteiger partial charge in [0.25, 0.3) is 0 Å². The number of carbonyl (C=O) groups is 2. The summed E-state index contributed by atoms with van der Waals surface area (Å²) < 4.78 is 0. The van der Waals surface area contributed by atoms with Gasteiger partial charge in [0.1, 0.15) is 6.04 Å². The third-order valence-corrected chi connectivity index (χ3v) is 4.18. The summed E-state index contributed by atoms with van der Waals surface area (Å²) in [5, 5.41) is 11.8. The van der Waals surface area contributed by atoms with Crippen molar-refractivity contribution < 1.29 is 14.7 Å². The van der Waals surface area contributed by atoms with Gasteiger partial charge in [-0.15, -0.1) is 0 Å². The van der Waals surface area contributed by atoms with Gasteiger partial charge in [0.2, 0.25) is 0 Å². The molecule has 1 saturated carbocycles. The number of carboxylic acid groups (broad SMARTS) is 1. The lowest BCUT2D eigenvalue weighted by molar-refractivity contribution is -0.139. The zero-order valence-electron chi connectivity index (χ0n) is 13.0. The van der Waals surface area contributed by atoms with Gasteiger partial charge in [0.05, 0.1) is 0 Å². The van der Waals surface area contributed by atoms with Crippen LogP contribution in [-0.2, 0) is 4.79 Å². The molecule has 0 spiro atoms. The highest BCUT2D eigenvalue weighted by Gasteiger charge is 2.29. The highest BCUT2D eigenvalue weighted by molar-refractivity contribution is 5.82. The van der Waals surface area contributed by atoms with Crippen molar-refractivity contribution in [3.8, 4) is 0 Å². The number of carboxylic acids is 1. The number of nitrogens with zero attached hydrogens (tertiary/aromatic N) is 2. The van der Waals surface area contributed by atoms with Crippen molar-refractivity contribution in [2.45, 2.75) is 39.2 Å². The molecule has 1 aliphatic carbocycles. The quantitative estimate of drug-likeness (QED) is 0.773. The zero-order valence-corrected chi connectivity index (χ0v) is 13.0. The molecule has 0 radical (unpaired) electrons. The molecule has 1 heterocycles. The highest BCUT2D eigenvalue weighted by atomic mass is 16.4. The second kappa shape index (κ2) is 7.11. The monoisotopic (exact) mass is 297 g/mol. The van der Waals surface area contributed by atoms with E-state index >= 15 is 0 Å². The number of carbonyl (C=O) groups excluding carboxylic acids is 1. The molecule has 2 aliphatic rings. The van der Waals surface area contributed by atoms with Crippen LogP contribution >= 0.6 is 0 Å². The molecule has 1 unspecified atom stereocenters. The summed E-state index contributed by atoms with van der Waals surface area (Å²) in [7, 11) is 0. The predicted octanol–water partition coefficient (Wildman–Crippen LogP) is 1.22. The maximum absolute atomic E-state index is 12.2. The molecule has 6 nitrogen and oxygen atoms in total. The van der Waals surface area contributed by atoms with Crippen molar-refractivity contribution in [1.29, 1.82) is 0 Å². The molecule has 2 N–H and O–H groups in total. The molecule has 120 valence electrons. The Morgan fingerprint density at radius 1 is 1.19 bits per heavy atom. The number of hydrogen-bond donors (Lipinski definition) is 2. The summed E-state index contributed by atoms with van der Waals surface area (Å²) in [6.07, 6.45) is 3.15. The Labute approximate surface area is 126 Å². The van der Waals surface area contributed by atoms with Crippen LogP contribution in [0, 0.1) is 11.8 Å². The molecule has 2 rings (SSSR count). The summed E-state index contributed by atoms with van der Waals surface area (Å²) in [5.74, 6) is 0.152. The second-order valence-corrected chi connectivity index (χ2v) is 6.70. The molecule has 1 aliphatic heterocycles. The predicted molar refractivity (Wildman–Crippen MR) is 80.1 cm³/mol. The minimum atomic E-state index is -0.954. The van der Waals surface area contributed by atoms with Gasteiger partial charge in [-0.2, -0.15) is 0 Å². The minimum Gasteiger partial charge on any atom is -0.480 e. The van der Waals surface area contributed by atoms with E-state index in [0.29, 0.717) is 19.5 Å². The van der Waals surface area contributed by atoms with Crippen molar-refractivity contribution in [2.24, 2.45) is 11.8 Å². The summed E-state index contributed by atoms with van der Waals surface area (Å²) in [6.45, 7) is 8.23. The number of nitrogens with one attached hydrogen (secondary N) is 1. The van der Waals surface area contributed by atoms with Crippen molar-refractivity contribution >= 4 is 12.0 Å². The minimum absolute atomic E-state index is 0.238. The largest absolute Gasteiger partial charge is 0.480 e. The first kappa shape index (κ1) is 16.1. The first-order valence-electron chi connectivity index (χ1n) is 7.96. The molecule has 21 heavy (non-hydrogen) atoms. The maximum Gasteiger partial charge on any atom is 0.326 e. The van der Waals surface area contributed by atoms with E-state index in [0.717, 1.165) is 25.6 Å². The molecular weight excluding hydrogens is 270 g/mol. The molecule has 0 aromatic heterocycles. The zero-order chi connectivity index (χ0) is 15.4. The van der Waals surface area contributed by atoms with Gasteiger partial charge in [-0.25, -0.2) is 9.59 Å². The number of hydrogen-bond acceptors (Lipinski definition) is 3. The standard InChI is InChI=1S/C15H27N3O3/c1-11(2)9-13(14(19)20)16-15(21)18-7-5-17(6-8-18)10-12-3-4-12/h11-13H,3-10H2,1-2H3,(H,16,21)(H,19,20). The van der Waals surface area contributed by atoms with E-state index in [-0.39, 0.29) is 11.9 Å². The van der Waals surface area contributed by atoms with Gasteiger partial charge in [0.15, 0.2) is 0 Å². The van der Waals surface area contributed by atoms with E-state index in [4.69, 9.17) is 0 Å². The first-order valence-corrected chi connectivity index (χ1v) is 7.96. The van der Waals surface area contributed by atoms with Gasteiger partial charge < -0.3 is 15.3 Å². The van der Waals surface area contributed by atoms with E-state index in [2.05, 4.69) is 10.2 Å². The summed E-state index contributed by atoms with van der Waals surface area (Å²) >= 11 is 0. The lowest BCUT2D eigenvalue weighted by Gasteiger charge is -2.35. The molecule has 6 heteroatoms. The van der Waals surface area contributed by atoms with Crippen LogP contribution in [0.3, 0.4) is 0 Å². The molecule has 0 aromatic rings. The fourth-order valence-corrected chi connectivity index (χ4v) is 2.73. The summed E-state index contributed by atoms with van der Waals surface area (Å²) in [5.41, 5.74) is 0. The molecule has 2 amide bonds. The molecule has 0 bridgehead atoms. The van der Waals surface area contributed by atoms with Crippen molar-refractivity contribution in [3.05, 3.63) is 0 Å². The van der Waals surface area contributed by atoms with Gasteiger partial charge in [-0.1, -0.05) is 13.8 Å². The van der Waals surface area contributed by atoms with Crippen LogP contribution in [0.2, 0.25) is 0 Å². The fourth-order valence-electron chi connectivity index (χ4n) is 2.73. The molecule has 2 fully saturated rings. The lowest BCUT2D eigenvalue weighted by Crippen LogP contribution is -2.55. The molecule has 1 atom stereocenters. The van der Waals surface area contributed by atoms with E-state index < -0.39 is 12.0 Å². The number of aliphatic carboxylic acids is 1. The SMILES string of the molecule is CC(C)CC(NC(=O)N1CCN(CC2CC2)CC1)C(=O)O. The smallest absolute Gasteiger partial charge is 0.326 e. The van der Waals surface area contributed by atoms with E-state index in [1.807, 2.05) is 13.8 Å². The Balaban J connectivity index is 1.75. The Morgan fingerprint density at radius 2 is 1.81 bits per heavy atom. The van der Waals surface area contributed by atoms with E-state index in [1.54, 1.807) is 4.90 Å². The molecular formula is C15H27N3O3. The summed E-state index contributed by atoms with van der Waals surface area (Å²) in [6, 6.07) is -1.03. The van der Waals surface area contributed by atoms with Crippen LogP contribution < -0.4 is 5.32 Å². The number of amides is 2. The van der Waals surface area contributed by atoms with Crippen LogP contribution in [0.4, 0.5) is 4.79 Å². The Kier molecular flexibility index (Phi) is 5.45. The van der Waals surface area contributed by atoms with Crippen LogP contribution in [0.25, 0.3) is 0 Å². The van der Waals surface area contributed by atoms with E-state index in [1.165, 1.54) is 12.8 Å². The van der Waals surface area contributed by atoms with Crippen LogP contribution in [0.1, 0.15) is 33.1 Å². The van der Waals surface area contributed by atoms with Crippen LogP contribution in [0.15, 0.2) is 0 Å². The topological polar surface area (TPSA) is 72.9 Å². The number of piperazine rings is 1. The maximum atomic E-state index is 12.2. The van der Waals surface area contributed by atoms with Crippen molar-refractivity contribution in [3.63, 3.8) is 0 Å². The number of rotatable bonds is 6. The Hall–Kier alpha value is -1.30. The van der Waals surface area contributed by atoms with Gasteiger partial charge >= 0.3 is 12.0 Å². The second-order valence-electron chi connectivity index (χ2n) is 6.70. The highest BCUT2D eigenvalue weighted by Crippen LogP contribution is 2.29. The third kappa shape index (κ3) is 5.19. The Bertz CT molecular complexity index is 374. The van der Waals surface area contributed by atoms with Crippen LogP contribution in [-0.4, -0.2) is 65.7 Å².